The number of aliphatic hydroxyl groups is 1. The lowest BCUT2D eigenvalue weighted by Crippen LogP contribution is -2.26. The summed E-state index contributed by atoms with van der Waals surface area (Å²) >= 11 is 0. The number of benzene rings is 1. The highest BCUT2D eigenvalue weighted by atomic mass is 16.5. The molecule has 0 saturated heterocycles. The quantitative estimate of drug-likeness (QED) is 0.867. The van der Waals surface area contributed by atoms with Crippen molar-refractivity contribution in [1.82, 2.24) is 0 Å². The molecule has 0 aliphatic carbocycles. The summed E-state index contributed by atoms with van der Waals surface area (Å²) in [6, 6.07) is 3.45. The minimum absolute atomic E-state index is 0.0904. The smallest absolute Gasteiger partial charge is 0.339 e. The number of rotatable bonds is 3. The zero-order valence-corrected chi connectivity index (χ0v) is 12.9. The molecule has 1 aliphatic rings. The number of hydrogen-bond acceptors (Lipinski definition) is 5. The molecule has 5 heteroatoms. The van der Waals surface area contributed by atoms with Crippen LogP contribution in [0.1, 0.15) is 38.0 Å². The molecule has 0 radical (unpaired) electrons. The van der Waals surface area contributed by atoms with Gasteiger partial charge in [-0.1, -0.05) is 13.8 Å². The van der Waals surface area contributed by atoms with Crippen LogP contribution in [0.25, 0.3) is 0 Å². The van der Waals surface area contributed by atoms with Crippen molar-refractivity contribution >= 4 is 5.97 Å². The van der Waals surface area contributed by atoms with Crippen molar-refractivity contribution in [3.63, 3.8) is 0 Å². The fraction of sp³-hybridized carbons (Fsp3) is 0.562. The second-order valence-corrected chi connectivity index (χ2v) is 6.05. The molecular weight excluding hydrogens is 272 g/mol. The Morgan fingerprint density at radius 3 is 2.48 bits per heavy atom. The minimum Gasteiger partial charge on any atom is -0.489 e. The lowest BCUT2D eigenvalue weighted by Gasteiger charge is -2.19. The van der Waals surface area contributed by atoms with Gasteiger partial charge < -0.3 is 19.3 Å². The number of esters is 1. The maximum absolute atomic E-state index is 11.7. The summed E-state index contributed by atoms with van der Waals surface area (Å²) in [4.78, 5) is 11.7. The van der Waals surface area contributed by atoms with Crippen molar-refractivity contribution in [1.29, 1.82) is 0 Å². The summed E-state index contributed by atoms with van der Waals surface area (Å²) in [5.41, 5.74) is 1.15. The highest BCUT2D eigenvalue weighted by molar-refractivity contribution is 5.77. The van der Waals surface area contributed by atoms with Crippen molar-refractivity contribution in [2.45, 2.75) is 33.8 Å². The Morgan fingerprint density at radius 1 is 1.33 bits per heavy atom. The number of carbonyl (C=O) groups is 1. The number of hydrogen-bond donors (Lipinski definition) is 1. The van der Waals surface area contributed by atoms with Gasteiger partial charge in [-0.3, -0.25) is 0 Å². The van der Waals surface area contributed by atoms with Crippen LogP contribution in [-0.2, 0) is 9.53 Å². The molecule has 1 aromatic carbocycles. The van der Waals surface area contributed by atoms with Crippen LogP contribution in [0.5, 0.6) is 11.5 Å². The molecule has 1 atom stereocenters. The van der Waals surface area contributed by atoms with E-state index in [1.807, 2.05) is 6.92 Å². The van der Waals surface area contributed by atoms with Crippen molar-refractivity contribution in [3.05, 3.63) is 23.3 Å². The van der Waals surface area contributed by atoms with Crippen LogP contribution in [0.2, 0.25) is 0 Å². The van der Waals surface area contributed by atoms with E-state index in [-0.39, 0.29) is 12.0 Å². The molecule has 116 valence electrons. The monoisotopic (exact) mass is 294 g/mol. The molecule has 0 saturated carbocycles. The molecule has 0 aromatic heterocycles. The van der Waals surface area contributed by atoms with Gasteiger partial charge in [0.15, 0.2) is 17.6 Å². The molecule has 0 spiro atoms. The van der Waals surface area contributed by atoms with Gasteiger partial charge in [0.2, 0.25) is 0 Å². The average Bonchev–Trinajstić information content (AvgIpc) is 2.57. The van der Waals surface area contributed by atoms with E-state index in [4.69, 9.17) is 14.2 Å². The topological polar surface area (TPSA) is 65.0 Å². The largest absolute Gasteiger partial charge is 0.489 e. The summed E-state index contributed by atoms with van der Waals surface area (Å²) < 4.78 is 16.4. The molecule has 1 unspecified atom stereocenters. The highest BCUT2D eigenvalue weighted by Gasteiger charge is 2.28. The van der Waals surface area contributed by atoms with Crippen LogP contribution in [0.3, 0.4) is 0 Å². The lowest BCUT2D eigenvalue weighted by molar-refractivity contribution is -0.153. The second-order valence-electron chi connectivity index (χ2n) is 6.05. The Morgan fingerprint density at radius 2 is 1.90 bits per heavy atom. The van der Waals surface area contributed by atoms with Crippen molar-refractivity contribution in [3.8, 4) is 11.5 Å². The third kappa shape index (κ3) is 3.47. The molecule has 1 heterocycles. The fourth-order valence-electron chi connectivity index (χ4n) is 2.13. The number of fused-ring (bicyclic) bond motifs is 1. The summed E-state index contributed by atoms with van der Waals surface area (Å²) in [5.74, 6) is 0.526. The molecule has 1 aromatic rings. The van der Waals surface area contributed by atoms with E-state index < -0.39 is 12.1 Å². The maximum atomic E-state index is 11.7. The van der Waals surface area contributed by atoms with Gasteiger partial charge in [0.25, 0.3) is 0 Å². The Bertz CT molecular complexity index is 536. The molecule has 0 fully saturated rings. The van der Waals surface area contributed by atoms with E-state index in [0.29, 0.717) is 30.3 Å². The predicted molar refractivity (Wildman–Crippen MR) is 77.5 cm³/mol. The molecule has 1 aliphatic heterocycles. The van der Waals surface area contributed by atoms with Crippen LogP contribution in [-0.4, -0.2) is 30.9 Å². The molecule has 1 N–H and O–H groups in total. The first-order chi connectivity index (χ1) is 9.84. The van der Waals surface area contributed by atoms with Gasteiger partial charge in [-0.05, 0) is 37.1 Å². The fourth-order valence-corrected chi connectivity index (χ4v) is 2.13. The Kier molecular flexibility index (Phi) is 4.42. The van der Waals surface area contributed by atoms with Crippen LogP contribution < -0.4 is 9.47 Å². The third-order valence-electron chi connectivity index (χ3n) is 3.37. The zero-order chi connectivity index (χ0) is 15.6. The molecule has 0 amide bonds. The van der Waals surface area contributed by atoms with E-state index >= 15 is 0 Å². The molecule has 2 rings (SSSR count). The van der Waals surface area contributed by atoms with Gasteiger partial charge in [-0.2, -0.15) is 0 Å². The van der Waals surface area contributed by atoms with Crippen LogP contribution in [0.15, 0.2) is 12.1 Å². The Hall–Kier alpha value is -1.75. The first-order valence-corrected chi connectivity index (χ1v) is 7.09. The minimum atomic E-state index is -1.31. The summed E-state index contributed by atoms with van der Waals surface area (Å²) in [7, 11) is 0. The van der Waals surface area contributed by atoms with E-state index in [0.717, 1.165) is 5.56 Å². The summed E-state index contributed by atoms with van der Waals surface area (Å²) in [6.07, 6.45) is -1.31. The van der Waals surface area contributed by atoms with Crippen molar-refractivity contribution in [2.24, 2.45) is 5.41 Å². The second kappa shape index (κ2) is 5.93. The number of aliphatic hydroxyl groups excluding tert-OH is 1. The first-order valence-electron chi connectivity index (χ1n) is 7.09. The molecular formula is C16H22O5. The molecule has 5 nitrogen and oxygen atoms in total. The van der Waals surface area contributed by atoms with Gasteiger partial charge in [-0.15, -0.1) is 0 Å². The normalized spacial score (nSPS) is 17.8. The van der Waals surface area contributed by atoms with E-state index in [1.165, 1.54) is 0 Å². The van der Waals surface area contributed by atoms with Gasteiger partial charge in [0, 0.05) is 5.41 Å². The number of carbonyl (C=O) groups excluding carboxylic acids is 1. The lowest BCUT2D eigenvalue weighted by atomic mass is 9.97. The van der Waals surface area contributed by atoms with Gasteiger partial charge >= 0.3 is 5.97 Å². The highest BCUT2D eigenvalue weighted by Crippen LogP contribution is 2.37. The number of ether oxygens (including phenoxy) is 3. The van der Waals surface area contributed by atoms with Crippen molar-refractivity contribution in [2.75, 3.05) is 19.8 Å². The molecule has 0 bridgehead atoms. The standard InChI is InChI=1S/C16H22O5/c1-5-19-15(18)14(17)11-7-13-12(6-10(11)2)20-8-16(3,4)9-21-13/h6-7,14,17H,5,8-9H2,1-4H3. The predicted octanol–water partition coefficient (Wildman–Crippen LogP) is 2.39. The summed E-state index contributed by atoms with van der Waals surface area (Å²) in [6.45, 7) is 8.93. The maximum Gasteiger partial charge on any atom is 0.339 e. The first kappa shape index (κ1) is 15.6. The van der Waals surface area contributed by atoms with Crippen molar-refractivity contribution < 1.29 is 24.1 Å². The Labute approximate surface area is 124 Å². The van der Waals surface area contributed by atoms with E-state index in [9.17, 15) is 9.90 Å². The van der Waals surface area contributed by atoms with Crippen LogP contribution in [0.4, 0.5) is 0 Å². The van der Waals surface area contributed by atoms with Gasteiger partial charge in [0.1, 0.15) is 0 Å². The zero-order valence-electron chi connectivity index (χ0n) is 12.9. The van der Waals surface area contributed by atoms with Gasteiger partial charge in [-0.25, -0.2) is 4.79 Å². The Balaban J connectivity index is 2.31. The third-order valence-corrected chi connectivity index (χ3v) is 3.37. The van der Waals surface area contributed by atoms with Gasteiger partial charge in [0.05, 0.1) is 19.8 Å². The van der Waals surface area contributed by atoms with Crippen LogP contribution >= 0.6 is 0 Å². The number of aryl methyl sites for hydroxylation is 1. The van der Waals surface area contributed by atoms with Crippen LogP contribution in [0, 0.1) is 12.3 Å². The SMILES string of the molecule is CCOC(=O)C(O)c1cc2c(cc1C)OCC(C)(C)CO2. The summed E-state index contributed by atoms with van der Waals surface area (Å²) in [5, 5.41) is 10.1. The van der Waals surface area contributed by atoms with E-state index in [2.05, 4.69) is 13.8 Å². The van der Waals surface area contributed by atoms with E-state index in [1.54, 1.807) is 19.1 Å². The molecule has 21 heavy (non-hydrogen) atoms. The average molecular weight is 294 g/mol.